The van der Waals surface area contributed by atoms with E-state index < -0.39 is 0 Å². The molecular weight excluding hydrogens is 210 g/mol. The molecule has 15 heavy (non-hydrogen) atoms. The number of nitrogens with one attached hydrogen (secondary N) is 1. The molecule has 1 amide bonds. The summed E-state index contributed by atoms with van der Waals surface area (Å²) in [5, 5.41) is 14.2. The second-order valence-electron chi connectivity index (χ2n) is 4.08. The van der Waals surface area contributed by atoms with Gasteiger partial charge >= 0.3 is 0 Å². The average molecular weight is 225 g/mol. The van der Waals surface area contributed by atoms with E-state index in [1.54, 1.807) is 6.07 Å². The van der Waals surface area contributed by atoms with Crippen molar-refractivity contribution in [2.24, 2.45) is 0 Å². The van der Waals surface area contributed by atoms with Gasteiger partial charge in [-0.25, -0.2) is 0 Å². The fourth-order valence-corrected chi connectivity index (χ4v) is 2.70. The van der Waals surface area contributed by atoms with Gasteiger partial charge in [-0.05, 0) is 24.3 Å². The minimum atomic E-state index is -0.360. The van der Waals surface area contributed by atoms with Crippen molar-refractivity contribution in [1.82, 2.24) is 5.32 Å². The van der Waals surface area contributed by atoms with Gasteiger partial charge in [-0.3, -0.25) is 4.79 Å². The number of carbonyl (C=O) groups is 1. The summed E-state index contributed by atoms with van der Waals surface area (Å²) in [5.74, 6) is -0.0547. The van der Waals surface area contributed by atoms with Crippen molar-refractivity contribution >= 4 is 17.2 Å². The first-order valence-corrected chi connectivity index (χ1v) is 6.11. The molecule has 0 saturated heterocycles. The van der Waals surface area contributed by atoms with Crippen molar-refractivity contribution in [3.8, 4) is 0 Å². The molecule has 0 atom stereocenters. The zero-order valence-corrected chi connectivity index (χ0v) is 9.35. The highest BCUT2D eigenvalue weighted by molar-refractivity contribution is 7.12. The van der Waals surface area contributed by atoms with Crippen molar-refractivity contribution in [2.75, 3.05) is 6.61 Å². The quantitative estimate of drug-likeness (QED) is 0.824. The third-order valence-corrected chi connectivity index (χ3v) is 3.86. The third-order valence-electron chi connectivity index (χ3n) is 2.99. The van der Waals surface area contributed by atoms with E-state index in [1.165, 1.54) is 11.3 Å². The molecule has 1 heterocycles. The summed E-state index contributed by atoms with van der Waals surface area (Å²) in [6.45, 7) is 0.0457. The van der Waals surface area contributed by atoms with E-state index >= 15 is 0 Å². The molecule has 0 spiro atoms. The lowest BCUT2D eigenvalue weighted by atomic mass is 9.99. The highest BCUT2D eigenvalue weighted by Gasteiger charge is 2.34. The van der Waals surface area contributed by atoms with Crippen LogP contribution < -0.4 is 5.32 Å². The summed E-state index contributed by atoms with van der Waals surface area (Å²) in [4.78, 5) is 12.5. The number of carbonyl (C=O) groups excluding carboxylic acids is 1. The first kappa shape index (κ1) is 10.6. The summed E-state index contributed by atoms with van der Waals surface area (Å²) in [6, 6.07) is 3.67. The number of thiophene rings is 1. The number of amides is 1. The summed E-state index contributed by atoms with van der Waals surface area (Å²) in [6.07, 6.45) is 3.96. The monoisotopic (exact) mass is 225 g/mol. The molecule has 1 fully saturated rings. The van der Waals surface area contributed by atoms with Gasteiger partial charge < -0.3 is 10.4 Å². The predicted molar refractivity (Wildman–Crippen MR) is 60.1 cm³/mol. The predicted octanol–water partition coefficient (Wildman–Crippen LogP) is 1.78. The normalized spacial score (nSPS) is 19.0. The number of hydrogen-bond donors (Lipinski definition) is 2. The van der Waals surface area contributed by atoms with Gasteiger partial charge in [-0.2, -0.15) is 0 Å². The molecule has 1 aromatic rings. The maximum absolute atomic E-state index is 11.8. The molecule has 0 radical (unpaired) electrons. The lowest BCUT2D eigenvalue weighted by molar-refractivity contribution is 0.0842. The molecule has 82 valence electrons. The van der Waals surface area contributed by atoms with Crippen LogP contribution in [0.5, 0.6) is 0 Å². The van der Waals surface area contributed by atoms with Crippen molar-refractivity contribution < 1.29 is 9.90 Å². The lowest BCUT2D eigenvalue weighted by Gasteiger charge is -2.27. The highest BCUT2D eigenvalue weighted by atomic mass is 32.1. The molecule has 0 unspecified atom stereocenters. The van der Waals surface area contributed by atoms with Crippen molar-refractivity contribution in [1.29, 1.82) is 0 Å². The minimum absolute atomic E-state index is 0.0457. The molecule has 4 heteroatoms. The van der Waals surface area contributed by atoms with Crippen LogP contribution in [0.3, 0.4) is 0 Å². The van der Waals surface area contributed by atoms with Gasteiger partial charge in [0.15, 0.2) is 0 Å². The van der Waals surface area contributed by atoms with E-state index in [1.807, 2.05) is 11.4 Å². The molecule has 0 bridgehead atoms. The molecule has 3 nitrogen and oxygen atoms in total. The largest absolute Gasteiger partial charge is 0.394 e. The van der Waals surface area contributed by atoms with E-state index in [0.29, 0.717) is 0 Å². The van der Waals surface area contributed by atoms with E-state index in [9.17, 15) is 9.90 Å². The second-order valence-corrected chi connectivity index (χ2v) is 5.02. The standard InChI is InChI=1S/C11H15NO2S/c13-8-11(5-1-2-6-11)12-10(14)9-4-3-7-15-9/h3-4,7,13H,1-2,5-6,8H2,(H,12,14). The lowest BCUT2D eigenvalue weighted by Crippen LogP contribution is -2.49. The van der Waals surface area contributed by atoms with Crippen LogP contribution in [-0.2, 0) is 0 Å². The molecule has 0 aromatic carbocycles. The summed E-state index contributed by atoms with van der Waals surface area (Å²) in [7, 11) is 0. The molecule has 1 saturated carbocycles. The van der Waals surface area contributed by atoms with E-state index in [-0.39, 0.29) is 18.1 Å². The Bertz CT molecular complexity index is 328. The van der Waals surface area contributed by atoms with Crippen LogP contribution in [0, 0.1) is 0 Å². The molecule has 2 N–H and O–H groups in total. The van der Waals surface area contributed by atoms with Crippen LogP contribution >= 0.6 is 11.3 Å². The maximum atomic E-state index is 11.8. The Hall–Kier alpha value is -0.870. The van der Waals surface area contributed by atoms with Crippen LogP contribution in [0.15, 0.2) is 17.5 Å². The van der Waals surface area contributed by atoms with Crippen molar-refractivity contribution in [3.05, 3.63) is 22.4 Å². The molecule has 1 aromatic heterocycles. The Kier molecular flexibility index (Phi) is 3.07. The maximum Gasteiger partial charge on any atom is 0.261 e. The first-order chi connectivity index (χ1) is 7.26. The van der Waals surface area contributed by atoms with Crippen LogP contribution in [0.1, 0.15) is 35.4 Å². The average Bonchev–Trinajstić information content (AvgIpc) is 2.88. The Morgan fingerprint density at radius 3 is 2.80 bits per heavy atom. The zero-order valence-electron chi connectivity index (χ0n) is 8.53. The minimum Gasteiger partial charge on any atom is -0.394 e. The van der Waals surface area contributed by atoms with Crippen molar-refractivity contribution in [2.45, 2.75) is 31.2 Å². The van der Waals surface area contributed by atoms with Gasteiger partial charge in [0.1, 0.15) is 0 Å². The summed E-state index contributed by atoms with van der Waals surface area (Å²) in [5.41, 5.74) is -0.360. The van der Waals surface area contributed by atoms with Gasteiger partial charge in [0.05, 0.1) is 17.0 Å². The molecular formula is C11H15NO2S. The topological polar surface area (TPSA) is 49.3 Å². The zero-order chi connectivity index (χ0) is 10.7. The number of rotatable bonds is 3. The summed E-state index contributed by atoms with van der Waals surface area (Å²) >= 11 is 1.43. The van der Waals surface area contributed by atoms with Gasteiger partial charge in [0, 0.05) is 0 Å². The second kappa shape index (κ2) is 4.33. The first-order valence-electron chi connectivity index (χ1n) is 5.23. The molecule has 1 aliphatic rings. The van der Waals surface area contributed by atoms with Crippen molar-refractivity contribution in [3.63, 3.8) is 0 Å². The van der Waals surface area contributed by atoms with E-state index in [0.717, 1.165) is 30.6 Å². The van der Waals surface area contributed by atoms with E-state index in [2.05, 4.69) is 5.32 Å². The van der Waals surface area contributed by atoms with Crippen LogP contribution in [0.4, 0.5) is 0 Å². The summed E-state index contributed by atoms with van der Waals surface area (Å²) < 4.78 is 0. The Morgan fingerprint density at radius 1 is 1.53 bits per heavy atom. The van der Waals surface area contributed by atoms with Gasteiger partial charge in [-0.15, -0.1) is 11.3 Å². The number of hydrogen-bond acceptors (Lipinski definition) is 3. The highest BCUT2D eigenvalue weighted by Crippen LogP contribution is 2.29. The van der Waals surface area contributed by atoms with Crippen LogP contribution in [0.25, 0.3) is 0 Å². The Labute approximate surface area is 93.1 Å². The molecule has 2 rings (SSSR count). The fourth-order valence-electron chi connectivity index (χ4n) is 2.08. The van der Waals surface area contributed by atoms with Crippen LogP contribution in [0.2, 0.25) is 0 Å². The van der Waals surface area contributed by atoms with Gasteiger partial charge in [0.25, 0.3) is 5.91 Å². The Morgan fingerprint density at radius 2 is 2.27 bits per heavy atom. The third kappa shape index (κ3) is 2.21. The van der Waals surface area contributed by atoms with Crippen LogP contribution in [-0.4, -0.2) is 23.2 Å². The smallest absolute Gasteiger partial charge is 0.261 e. The number of aliphatic hydroxyl groups is 1. The fraction of sp³-hybridized carbons (Fsp3) is 0.545. The van der Waals surface area contributed by atoms with Gasteiger partial charge in [-0.1, -0.05) is 18.9 Å². The van der Waals surface area contributed by atoms with E-state index in [4.69, 9.17) is 0 Å². The SMILES string of the molecule is O=C(NC1(CO)CCCC1)c1cccs1. The van der Waals surface area contributed by atoms with Gasteiger partial charge in [0.2, 0.25) is 0 Å². The molecule has 1 aliphatic carbocycles. The number of aliphatic hydroxyl groups excluding tert-OH is 1. The Balaban J connectivity index is 2.04. The molecule has 0 aliphatic heterocycles.